The molecule has 0 unspecified atom stereocenters. The van der Waals surface area contributed by atoms with Crippen molar-refractivity contribution in [3.63, 3.8) is 0 Å². The lowest BCUT2D eigenvalue weighted by Gasteiger charge is -2.08. The Labute approximate surface area is 120 Å². The van der Waals surface area contributed by atoms with Crippen LogP contribution >= 0.6 is 0 Å². The molecule has 0 spiro atoms. The smallest absolute Gasteiger partial charge is 0.138 e. The van der Waals surface area contributed by atoms with Crippen molar-refractivity contribution < 1.29 is 13.9 Å². The van der Waals surface area contributed by atoms with Crippen molar-refractivity contribution in [2.24, 2.45) is 11.7 Å². The number of halogens is 1. The van der Waals surface area contributed by atoms with Crippen LogP contribution in [0.3, 0.4) is 0 Å². The fraction of sp³-hybridized carbons (Fsp3) is 0.500. The van der Waals surface area contributed by atoms with E-state index in [-0.39, 0.29) is 12.4 Å². The molecule has 3 nitrogen and oxygen atoms in total. The van der Waals surface area contributed by atoms with Crippen LogP contribution in [0.1, 0.15) is 25.0 Å². The van der Waals surface area contributed by atoms with Gasteiger partial charge in [0.05, 0.1) is 31.9 Å². The monoisotopic (exact) mass is 279 g/mol. The highest BCUT2D eigenvalue weighted by Gasteiger charge is 2.01. The number of hydrogen-bond donors (Lipinski definition) is 1. The van der Waals surface area contributed by atoms with Gasteiger partial charge in [0.25, 0.3) is 0 Å². The summed E-state index contributed by atoms with van der Waals surface area (Å²) in [7, 11) is 0. The average molecular weight is 279 g/mol. The molecule has 0 amide bonds. The van der Waals surface area contributed by atoms with E-state index in [1.165, 1.54) is 6.07 Å². The predicted octanol–water partition coefficient (Wildman–Crippen LogP) is 2.33. The molecule has 20 heavy (non-hydrogen) atoms. The summed E-state index contributed by atoms with van der Waals surface area (Å²) in [5, 5.41) is 0. The van der Waals surface area contributed by atoms with Crippen LogP contribution < -0.4 is 5.73 Å². The molecule has 1 aromatic carbocycles. The van der Waals surface area contributed by atoms with Gasteiger partial charge in [-0.05, 0) is 23.6 Å². The molecular formula is C16H22FNO2. The minimum atomic E-state index is -0.338. The van der Waals surface area contributed by atoms with Crippen LogP contribution in [0.2, 0.25) is 0 Å². The van der Waals surface area contributed by atoms with Gasteiger partial charge < -0.3 is 15.2 Å². The first kappa shape index (κ1) is 16.6. The van der Waals surface area contributed by atoms with Crippen molar-refractivity contribution in [1.29, 1.82) is 0 Å². The van der Waals surface area contributed by atoms with Gasteiger partial charge in [-0.1, -0.05) is 31.8 Å². The van der Waals surface area contributed by atoms with Crippen molar-refractivity contribution >= 4 is 0 Å². The SMILES string of the molecule is CC(C)COCCOCc1ccc(F)c(C#CCN)c1. The van der Waals surface area contributed by atoms with Gasteiger partial charge in [-0.15, -0.1) is 0 Å². The van der Waals surface area contributed by atoms with E-state index in [2.05, 4.69) is 25.7 Å². The third-order valence-electron chi connectivity index (χ3n) is 2.45. The summed E-state index contributed by atoms with van der Waals surface area (Å²) in [6.45, 7) is 6.66. The van der Waals surface area contributed by atoms with Crippen molar-refractivity contribution in [2.45, 2.75) is 20.5 Å². The van der Waals surface area contributed by atoms with Crippen LogP contribution in [0, 0.1) is 23.6 Å². The highest BCUT2D eigenvalue weighted by Crippen LogP contribution is 2.10. The maximum absolute atomic E-state index is 13.5. The molecule has 0 bridgehead atoms. The molecule has 2 N–H and O–H groups in total. The summed E-state index contributed by atoms with van der Waals surface area (Å²) in [6.07, 6.45) is 0. The van der Waals surface area contributed by atoms with Gasteiger partial charge in [-0.3, -0.25) is 0 Å². The van der Waals surface area contributed by atoms with Crippen molar-refractivity contribution in [3.8, 4) is 11.8 Å². The van der Waals surface area contributed by atoms with E-state index in [0.29, 0.717) is 31.3 Å². The zero-order valence-electron chi connectivity index (χ0n) is 12.1. The van der Waals surface area contributed by atoms with Crippen molar-refractivity contribution in [2.75, 3.05) is 26.4 Å². The Kier molecular flexibility index (Phi) is 7.89. The highest BCUT2D eigenvalue weighted by atomic mass is 19.1. The standard InChI is InChI=1S/C16H22FNO2/c1-13(2)11-19-8-9-20-12-14-5-6-16(17)15(10-14)4-3-7-18/h5-6,10,13H,7-9,11-12,18H2,1-2H3. The summed E-state index contributed by atoms with van der Waals surface area (Å²) < 4.78 is 24.3. The molecule has 1 rings (SSSR count). The second-order valence-electron chi connectivity index (χ2n) is 4.84. The predicted molar refractivity (Wildman–Crippen MR) is 77.6 cm³/mol. The van der Waals surface area contributed by atoms with E-state index in [9.17, 15) is 4.39 Å². The second kappa shape index (κ2) is 9.49. The van der Waals surface area contributed by atoms with Crippen molar-refractivity contribution in [3.05, 3.63) is 35.1 Å². The summed E-state index contributed by atoms with van der Waals surface area (Å²) in [4.78, 5) is 0. The van der Waals surface area contributed by atoms with E-state index >= 15 is 0 Å². The first-order chi connectivity index (χ1) is 9.63. The van der Waals surface area contributed by atoms with E-state index in [0.717, 1.165) is 12.2 Å². The number of ether oxygens (including phenoxy) is 2. The Hall–Kier alpha value is -1.41. The second-order valence-corrected chi connectivity index (χ2v) is 4.84. The molecule has 1 aromatic rings. The number of nitrogens with two attached hydrogens (primary N) is 1. The summed E-state index contributed by atoms with van der Waals surface area (Å²) in [6, 6.07) is 4.78. The maximum atomic E-state index is 13.5. The van der Waals surface area contributed by atoms with Gasteiger partial charge in [-0.2, -0.15) is 0 Å². The van der Waals surface area contributed by atoms with Crippen LogP contribution in [-0.4, -0.2) is 26.4 Å². The van der Waals surface area contributed by atoms with Crippen LogP contribution in [0.15, 0.2) is 18.2 Å². The lowest BCUT2D eigenvalue weighted by atomic mass is 10.1. The zero-order valence-corrected chi connectivity index (χ0v) is 12.1. The molecule has 4 heteroatoms. The minimum absolute atomic E-state index is 0.216. The molecule has 0 aliphatic carbocycles. The molecule has 0 aromatic heterocycles. The molecule has 0 heterocycles. The Balaban J connectivity index is 2.37. The van der Waals surface area contributed by atoms with Crippen LogP contribution in [-0.2, 0) is 16.1 Å². The molecular weight excluding hydrogens is 257 g/mol. The van der Waals surface area contributed by atoms with E-state index < -0.39 is 0 Å². The van der Waals surface area contributed by atoms with Crippen molar-refractivity contribution in [1.82, 2.24) is 0 Å². The topological polar surface area (TPSA) is 44.5 Å². The minimum Gasteiger partial charge on any atom is -0.379 e. The van der Waals surface area contributed by atoms with Gasteiger partial charge in [0.1, 0.15) is 5.82 Å². The average Bonchev–Trinajstić information content (AvgIpc) is 2.42. The molecule has 110 valence electrons. The summed E-state index contributed by atoms with van der Waals surface area (Å²) in [5.41, 5.74) is 6.52. The lowest BCUT2D eigenvalue weighted by Crippen LogP contribution is -2.08. The molecule has 0 saturated heterocycles. The van der Waals surface area contributed by atoms with Crippen LogP contribution in [0.25, 0.3) is 0 Å². The van der Waals surface area contributed by atoms with E-state index in [1.807, 2.05) is 0 Å². The zero-order chi connectivity index (χ0) is 14.8. The first-order valence-electron chi connectivity index (χ1n) is 6.76. The summed E-state index contributed by atoms with van der Waals surface area (Å²) in [5.74, 6) is 5.54. The normalized spacial score (nSPS) is 10.4. The van der Waals surface area contributed by atoms with Gasteiger partial charge >= 0.3 is 0 Å². The van der Waals surface area contributed by atoms with Gasteiger partial charge in [-0.25, -0.2) is 4.39 Å². The fourth-order valence-corrected chi connectivity index (χ4v) is 1.53. The van der Waals surface area contributed by atoms with Crippen LogP contribution in [0.4, 0.5) is 4.39 Å². The van der Waals surface area contributed by atoms with Gasteiger partial charge in [0, 0.05) is 6.61 Å². The molecule has 0 aliphatic heterocycles. The Morgan fingerprint density at radius 3 is 2.70 bits per heavy atom. The highest BCUT2D eigenvalue weighted by molar-refractivity contribution is 5.38. The molecule has 0 atom stereocenters. The third-order valence-corrected chi connectivity index (χ3v) is 2.45. The van der Waals surface area contributed by atoms with E-state index in [1.54, 1.807) is 12.1 Å². The quantitative estimate of drug-likeness (QED) is 0.615. The Bertz CT molecular complexity index is 463. The van der Waals surface area contributed by atoms with Gasteiger partial charge in [0.2, 0.25) is 0 Å². The number of rotatable bonds is 7. The number of hydrogen-bond acceptors (Lipinski definition) is 3. The third kappa shape index (κ3) is 6.67. The van der Waals surface area contributed by atoms with E-state index in [4.69, 9.17) is 15.2 Å². The fourth-order valence-electron chi connectivity index (χ4n) is 1.53. The molecule has 0 saturated carbocycles. The lowest BCUT2D eigenvalue weighted by molar-refractivity contribution is 0.0314. The first-order valence-corrected chi connectivity index (χ1v) is 6.76. The Morgan fingerprint density at radius 2 is 2.00 bits per heavy atom. The molecule has 0 aliphatic rings. The number of benzene rings is 1. The molecule has 0 radical (unpaired) electrons. The maximum Gasteiger partial charge on any atom is 0.138 e. The molecule has 0 fully saturated rings. The summed E-state index contributed by atoms with van der Waals surface area (Å²) >= 11 is 0. The van der Waals surface area contributed by atoms with Crippen LogP contribution in [0.5, 0.6) is 0 Å². The van der Waals surface area contributed by atoms with Gasteiger partial charge in [0.15, 0.2) is 0 Å². The Morgan fingerprint density at radius 1 is 1.25 bits per heavy atom. The largest absolute Gasteiger partial charge is 0.379 e.